The van der Waals surface area contributed by atoms with Crippen LogP contribution < -0.4 is 20.1 Å². The minimum Gasteiger partial charge on any atom is -0.497 e. The average Bonchev–Trinajstić information content (AvgIpc) is 2.55. The Balaban J connectivity index is 2.06. The van der Waals surface area contributed by atoms with Gasteiger partial charge in [-0.05, 0) is 55.5 Å². The number of carbonyl (C=O) groups is 1. The summed E-state index contributed by atoms with van der Waals surface area (Å²) >= 11 is 5.30. The summed E-state index contributed by atoms with van der Waals surface area (Å²) in [6, 6.07) is 12.5. The lowest BCUT2D eigenvalue weighted by atomic mass is 10.1. The summed E-state index contributed by atoms with van der Waals surface area (Å²) in [4.78, 5) is 11.3. The summed E-state index contributed by atoms with van der Waals surface area (Å²) in [5, 5.41) is 6.55. The highest BCUT2D eigenvalue weighted by atomic mass is 32.1. The highest BCUT2D eigenvalue weighted by molar-refractivity contribution is 7.80. The minimum atomic E-state index is 0.0280. The molecule has 0 radical (unpaired) electrons. The molecule has 6 heteroatoms. The first-order chi connectivity index (χ1) is 11.0. The number of methoxy groups -OCH3 is 2. The molecule has 0 saturated heterocycles. The van der Waals surface area contributed by atoms with E-state index in [-0.39, 0.29) is 5.78 Å². The van der Waals surface area contributed by atoms with Crippen LogP contribution in [0.5, 0.6) is 11.5 Å². The van der Waals surface area contributed by atoms with Crippen LogP contribution in [0.3, 0.4) is 0 Å². The number of thiocarbonyl (C=S) groups is 1. The Labute approximate surface area is 140 Å². The molecule has 0 spiro atoms. The van der Waals surface area contributed by atoms with Crippen molar-refractivity contribution in [2.75, 3.05) is 24.9 Å². The molecule has 0 aliphatic rings. The number of hydrogen-bond acceptors (Lipinski definition) is 4. The van der Waals surface area contributed by atoms with E-state index >= 15 is 0 Å². The summed E-state index contributed by atoms with van der Waals surface area (Å²) in [6.07, 6.45) is 0. The van der Waals surface area contributed by atoms with Gasteiger partial charge < -0.3 is 20.1 Å². The highest BCUT2D eigenvalue weighted by Gasteiger charge is 2.07. The Morgan fingerprint density at radius 3 is 2.26 bits per heavy atom. The summed E-state index contributed by atoms with van der Waals surface area (Å²) in [6.45, 7) is 1.53. The molecule has 5 nitrogen and oxygen atoms in total. The Hall–Kier alpha value is -2.60. The Morgan fingerprint density at radius 1 is 1.00 bits per heavy atom. The summed E-state index contributed by atoms with van der Waals surface area (Å²) in [5.74, 6) is 1.35. The van der Waals surface area contributed by atoms with Crippen LogP contribution in [-0.4, -0.2) is 25.1 Å². The summed E-state index contributed by atoms with van der Waals surface area (Å²) in [7, 11) is 3.18. The number of benzene rings is 2. The lowest BCUT2D eigenvalue weighted by Crippen LogP contribution is -2.19. The predicted octanol–water partition coefficient (Wildman–Crippen LogP) is 3.72. The number of Topliss-reactive ketones (excluding diaryl/α,β-unsaturated/α-hetero) is 1. The van der Waals surface area contributed by atoms with Crippen molar-refractivity contribution in [3.05, 3.63) is 48.0 Å². The molecule has 23 heavy (non-hydrogen) atoms. The van der Waals surface area contributed by atoms with Crippen molar-refractivity contribution in [2.45, 2.75) is 6.92 Å². The van der Waals surface area contributed by atoms with Gasteiger partial charge in [0, 0.05) is 17.3 Å². The topological polar surface area (TPSA) is 59.6 Å². The molecule has 2 N–H and O–H groups in total. The molecule has 0 bridgehead atoms. The molecule has 0 amide bonds. The number of hydrogen-bond donors (Lipinski definition) is 2. The fourth-order valence-corrected chi connectivity index (χ4v) is 2.20. The first kappa shape index (κ1) is 16.8. The molecular formula is C17H18N2O3S. The third-order valence-electron chi connectivity index (χ3n) is 3.21. The van der Waals surface area contributed by atoms with E-state index in [1.165, 1.54) is 6.92 Å². The van der Waals surface area contributed by atoms with Crippen molar-refractivity contribution in [2.24, 2.45) is 0 Å². The molecule has 0 aliphatic carbocycles. The van der Waals surface area contributed by atoms with Crippen LogP contribution in [0, 0.1) is 0 Å². The van der Waals surface area contributed by atoms with Crippen LogP contribution in [0.2, 0.25) is 0 Å². The van der Waals surface area contributed by atoms with Gasteiger partial charge in [-0.2, -0.15) is 0 Å². The first-order valence-corrected chi connectivity index (χ1v) is 7.35. The first-order valence-electron chi connectivity index (χ1n) is 6.94. The third-order valence-corrected chi connectivity index (χ3v) is 3.41. The maximum Gasteiger partial charge on any atom is 0.175 e. The average molecular weight is 330 g/mol. The largest absolute Gasteiger partial charge is 0.497 e. The van der Waals surface area contributed by atoms with E-state index in [1.54, 1.807) is 44.6 Å². The van der Waals surface area contributed by atoms with Crippen LogP contribution in [0.1, 0.15) is 17.3 Å². The molecular weight excluding hydrogens is 312 g/mol. The number of rotatable bonds is 5. The van der Waals surface area contributed by atoms with Crippen molar-refractivity contribution < 1.29 is 14.3 Å². The highest BCUT2D eigenvalue weighted by Crippen LogP contribution is 2.29. The minimum absolute atomic E-state index is 0.0280. The Morgan fingerprint density at radius 2 is 1.70 bits per heavy atom. The SMILES string of the molecule is COc1ccc(NC(=S)Nc2ccc(C(C)=O)cc2)c(OC)c1. The molecule has 120 valence electrons. The third kappa shape index (κ3) is 4.43. The normalized spacial score (nSPS) is 9.87. The monoisotopic (exact) mass is 330 g/mol. The van der Waals surface area contributed by atoms with Crippen LogP contribution >= 0.6 is 12.2 Å². The molecule has 0 fully saturated rings. The van der Waals surface area contributed by atoms with Gasteiger partial charge in [0.2, 0.25) is 0 Å². The Kier molecular flexibility index (Phi) is 5.54. The number of ether oxygens (including phenoxy) is 2. The van der Waals surface area contributed by atoms with Crippen LogP contribution in [0.15, 0.2) is 42.5 Å². The van der Waals surface area contributed by atoms with E-state index in [0.717, 1.165) is 11.4 Å². The van der Waals surface area contributed by atoms with Crippen LogP contribution in [0.25, 0.3) is 0 Å². The van der Waals surface area contributed by atoms with Crippen molar-refractivity contribution in [3.63, 3.8) is 0 Å². The quantitative estimate of drug-likeness (QED) is 0.644. The lowest BCUT2D eigenvalue weighted by Gasteiger charge is -2.14. The number of ketones is 1. The van der Waals surface area contributed by atoms with Gasteiger partial charge in [0.25, 0.3) is 0 Å². The van der Waals surface area contributed by atoms with Gasteiger partial charge in [0.1, 0.15) is 11.5 Å². The van der Waals surface area contributed by atoms with Gasteiger partial charge in [0.15, 0.2) is 10.9 Å². The zero-order valence-corrected chi connectivity index (χ0v) is 14.0. The van der Waals surface area contributed by atoms with Crippen molar-refractivity contribution in [3.8, 4) is 11.5 Å². The Bertz CT molecular complexity index is 714. The van der Waals surface area contributed by atoms with Crippen LogP contribution in [-0.2, 0) is 0 Å². The zero-order chi connectivity index (χ0) is 16.8. The molecule has 0 aromatic heterocycles. The van der Waals surface area contributed by atoms with Gasteiger partial charge >= 0.3 is 0 Å². The van der Waals surface area contributed by atoms with Crippen molar-refractivity contribution in [1.29, 1.82) is 0 Å². The fraction of sp³-hybridized carbons (Fsp3) is 0.176. The maximum atomic E-state index is 11.3. The van der Waals surface area contributed by atoms with Gasteiger partial charge in [0.05, 0.1) is 19.9 Å². The number of anilines is 2. The smallest absolute Gasteiger partial charge is 0.175 e. The van der Waals surface area contributed by atoms with E-state index in [0.29, 0.717) is 22.2 Å². The molecule has 0 unspecified atom stereocenters. The predicted molar refractivity (Wildman–Crippen MR) is 95.8 cm³/mol. The van der Waals surface area contributed by atoms with Gasteiger partial charge in [-0.25, -0.2) is 0 Å². The van der Waals surface area contributed by atoms with Crippen molar-refractivity contribution in [1.82, 2.24) is 0 Å². The second kappa shape index (κ2) is 7.60. The number of nitrogens with one attached hydrogen (secondary N) is 2. The van der Waals surface area contributed by atoms with Crippen LogP contribution in [0.4, 0.5) is 11.4 Å². The molecule has 2 aromatic carbocycles. The van der Waals surface area contributed by atoms with E-state index in [9.17, 15) is 4.79 Å². The molecule has 0 aliphatic heterocycles. The van der Waals surface area contributed by atoms with E-state index in [1.807, 2.05) is 12.1 Å². The van der Waals surface area contributed by atoms with E-state index < -0.39 is 0 Å². The second-order valence-electron chi connectivity index (χ2n) is 4.78. The summed E-state index contributed by atoms with van der Waals surface area (Å²) < 4.78 is 10.5. The standard InChI is InChI=1S/C17H18N2O3S/c1-11(20)12-4-6-13(7-5-12)18-17(23)19-15-9-8-14(21-2)10-16(15)22-3/h4-10H,1-3H3,(H2,18,19,23). The van der Waals surface area contributed by atoms with E-state index in [2.05, 4.69) is 10.6 Å². The molecule has 2 aromatic rings. The molecule has 0 atom stereocenters. The van der Waals surface area contributed by atoms with E-state index in [4.69, 9.17) is 21.7 Å². The van der Waals surface area contributed by atoms with Gasteiger partial charge in [-0.15, -0.1) is 0 Å². The molecule has 2 rings (SSSR count). The molecule has 0 heterocycles. The fourth-order valence-electron chi connectivity index (χ4n) is 1.97. The summed E-state index contributed by atoms with van der Waals surface area (Å²) in [5.41, 5.74) is 2.18. The number of carbonyl (C=O) groups excluding carboxylic acids is 1. The maximum absolute atomic E-state index is 11.3. The van der Waals surface area contributed by atoms with Crippen molar-refractivity contribution >= 4 is 34.5 Å². The second-order valence-corrected chi connectivity index (χ2v) is 5.19. The molecule has 0 saturated carbocycles. The van der Waals surface area contributed by atoms with Gasteiger partial charge in [-0.3, -0.25) is 4.79 Å². The zero-order valence-electron chi connectivity index (χ0n) is 13.2. The van der Waals surface area contributed by atoms with Gasteiger partial charge in [-0.1, -0.05) is 0 Å². The lowest BCUT2D eigenvalue weighted by molar-refractivity contribution is 0.101.